The summed E-state index contributed by atoms with van der Waals surface area (Å²) >= 11 is 0. The van der Waals surface area contributed by atoms with Gasteiger partial charge in [0.05, 0.1) is 4.92 Å². The van der Waals surface area contributed by atoms with Gasteiger partial charge in [0.1, 0.15) is 0 Å². The van der Waals surface area contributed by atoms with E-state index in [2.05, 4.69) is 10.6 Å². The zero-order chi connectivity index (χ0) is 20.1. The summed E-state index contributed by atoms with van der Waals surface area (Å²) < 4.78 is 5.38. The van der Waals surface area contributed by atoms with Gasteiger partial charge in [0.2, 0.25) is 0 Å². The van der Waals surface area contributed by atoms with E-state index in [0.717, 1.165) is 11.1 Å². The van der Waals surface area contributed by atoms with Crippen LogP contribution in [-0.2, 0) is 4.79 Å². The van der Waals surface area contributed by atoms with Crippen LogP contribution in [-0.4, -0.2) is 23.0 Å². The molecule has 0 fully saturated rings. The molecule has 0 aliphatic rings. The Labute approximate surface area is 156 Å². The monoisotopic (exact) mass is 371 g/mol. The quantitative estimate of drug-likeness (QED) is 0.616. The number of nitro groups is 1. The molecule has 142 valence electrons. The van der Waals surface area contributed by atoms with Crippen LogP contribution >= 0.6 is 0 Å². The molecule has 0 aliphatic heterocycles. The van der Waals surface area contributed by atoms with Crippen molar-refractivity contribution in [3.05, 3.63) is 63.2 Å². The summed E-state index contributed by atoms with van der Waals surface area (Å²) in [5, 5.41) is 15.9. The molecule has 0 radical (unpaired) electrons. The molecule has 0 spiro atoms. The maximum Gasteiger partial charge on any atom is 0.325 e. The van der Waals surface area contributed by atoms with E-state index in [1.807, 2.05) is 26.0 Å². The molecule has 0 saturated carbocycles. The number of aryl methyl sites for hydroxylation is 3. The maximum absolute atomic E-state index is 12.2. The van der Waals surface area contributed by atoms with E-state index in [-0.39, 0.29) is 11.4 Å². The van der Waals surface area contributed by atoms with Gasteiger partial charge in [-0.15, -0.1) is 0 Å². The molecular weight excluding hydrogens is 350 g/mol. The lowest BCUT2D eigenvalue weighted by Crippen LogP contribution is -2.42. The number of hydrogen-bond donors (Lipinski definition) is 2. The maximum atomic E-state index is 12.2. The van der Waals surface area contributed by atoms with E-state index >= 15 is 0 Å². The third-order valence-corrected chi connectivity index (χ3v) is 3.85. The average molecular weight is 371 g/mol. The van der Waals surface area contributed by atoms with E-state index < -0.39 is 23.0 Å². The number of carbonyl (C=O) groups is 2. The van der Waals surface area contributed by atoms with Gasteiger partial charge in [-0.25, -0.2) is 4.79 Å². The van der Waals surface area contributed by atoms with Crippen molar-refractivity contribution in [3.63, 3.8) is 0 Å². The van der Waals surface area contributed by atoms with Gasteiger partial charge in [-0.3, -0.25) is 20.2 Å². The molecule has 8 nitrogen and oxygen atoms in total. The number of anilines is 1. The van der Waals surface area contributed by atoms with Crippen LogP contribution in [0.15, 0.2) is 36.4 Å². The van der Waals surface area contributed by atoms with Crippen molar-refractivity contribution >= 4 is 23.3 Å². The average Bonchev–Trinajstić information content (AvgIpc) is 2.58. The lowest BCUT2D eigenvalue weighted by Gasteiger charge is -2.15. The molecule has 1 atom stereocenters. The predicted molar refractivity (Wildman–Crippen MR) is 101 cm³/mol. The van der Waals surface area contributed by atoms with Crippen LogP contribution in [0.4, 0.5) is 16.2 Å². The van der Waals surface area contributed by atoms with E-state index in [1.54, 1.807) is 19.1 Å². The topological polar surface area (TPSA) is 111 Å². The van der Waals surface area contributed by atoms with Crippen molar-refractivity contribution in [1.82, 2.24) is 5.32 Å². The van der Waals surface area contributed by atoms with Crippen molar-refractivity contribution in [1.29, 1.82) is 0 Å². The number of benzene rings is 2. The minimum atomic E-state index is -1.10. The van der Waals surface area contributed by atoms with Gasteiger partial charge in [0.25, 0.3) is 5.91 Å². The molecule has 0 aromatic heterocycles. The zero-order valence-corrected chi connectivity index (χ0v) is 15.5. The summed E-state index contributed by atoms with van der Waals surface area (Å²) in [6, 6.07) is 9.19. The van der Waals surface area contributed by atoms with Gasteiger partial charge in [0.15, 0.2) is 11.9 Å². The Morgan fingerprint density at radius 1 is 1.07 bits per heavy atom. The lowest BCUT2D eigenvalue weighted by molar-refractivity contribution is -0.386. The van der Waals surface area contributed by atoms with Gasteiger partial charge in [-0.2, -0.15) is 0 Å². The fourth-order valence-corrected chi connectivity index (χ4v) is 2.43. The Hall–Kier alpha value is -3.42. The Bertz CT molecular complexity index is 895. The number of nitro benzene ring substituents is 1. The molecule has 0 bridgehead atoms. The number of rotatable bonds is 5. The number of nitrogens with zero attached hydrogens (tertiary/aromatic N) is 1. The van der Waals surface area contributed by atoms with Crippen LogP contribution in [0.3, 0.4) is 0 Å². The van der Waals surface area contributed by atoms with E-state index in [4.69, 9.17) is 4.74 Å². The highest BCUT2D eigenvalue weighted by Crippen LogP contribution is 2.28. The molecule has 1 unspecified atom stereocenters. The minimum absolute atomic E-state index is 0.0389. The second-order valence-corrected chi connectivity index (χ2v) is 6.25. The van der Waals surface area contributed by atoms with Gasteiger partial charge in [-0.1, -0.05) is 23.8 Å². The standard InChI is InChI=1S/C19H21N3O5/c1-11-5-7-15(13(3)9-11)20-19(24)21-18(23)14(4)27-17-8-6-12(2)10-16(17)22(25)26/h5-10,14H,1-4H3,(H2,20,21,23,24). The molecule has 2 rings (SSSR count). The lowest BCUT2D eigenvalue weighted by atomic mass is 10.1. The van der Waals surface area contributed by atoms with E-state index in [1.165, 1.54) is 19.1 Å². The fraction of sp³-hybridized carbons (Fsp3) is 0.263. The molecular formula is C19H21N3O5. The third-order valence-electron chi connectivity index (χ3n) is 3.85. The van der Waals surface area contributed by atoms with Crippen LogP contribution in [0, 0.1) is 30.9 Å². The van der Waals surface area contributed by atoms with Crippen molar-refractivity contribution in [2.45, 2.75) is 33.8 Å². The highest BCUT2D eigenvalue weighted by molar-refractivity contribution is 6.02. The van der Waals surface area contributed by atoms with E-state index in [0.29, 0.717) is 11.3 Å². The third kappa shape index (κ3) is 5.27. The van der Waals surface area contributed by atoms with Crippen LogP contribution in [0.1, 0.15) is 23.6 Å². The minimum Gasteiger partial charge on any atom is -0.474 e. The first kappa shape index (κ1) is 19.9. The summed E-state index contributed by atoms with van der Waals surface area (Å²) in [6.07, 6.45) is -1.10. The molecule has 3 amide bonds. The smallest absolute Gasteiger partial charge is 0.325 e. The summed E-state index contributed by atoms with van der Waals surface area (Å²) in [5.74, 6) is -0.754. The van der Waals surface area contributed by atoms with Gasteiger partial charge >= 0.3 is 11.7 Å². The summed E-state index contributed by atoms with van der Waals surface area (Å²) in [6.45, 7) is 6.89. The number of imide groups is 1. The van der Waals surface area contributed by atoms with Gasteiger partial charge in [-0.05, 0) is 51.0 Å². The van der Waals surface area contributed by atoms with Crippen LogP contribution < -0.4 is 15.4 Å². The van der Waals surface area contributed by atoms with Gasteiger partial charge < -0.3 is 10.1 Å². The highest BCUT2D eigenvalue weighted by atomic mass is 16.6. The first-order chi connectivity index (χ1) is 12.7. The molecule has 2 aromatic carbocycles. The van der Waals surface area contributed by atoms with Crippen molar-refractivity contribution in [3.8, 4) is 5.75 Å². The number of ether oxygens (including phenoxy) is 1. The van der Waals surface area contributed by atoms with Crippen molar-refractivity contribution in [2.24, 2.45) is 0 Å². The molecule has 2 N–H and O–H groups in total. The summed E-state index contributed by atoms with van der Waals surface area (Å²) in [4.78, 5) is 34.7. The predicted octanol–water partition coefficient (Wildman–Crippen LogP) is 3.64. The Morgan fingerprint density at radius 3 is 2.33 bits per heavy atom. The first-order valence-corrected chi connectivity index (χ1v) is 8.28. The first-order valence-electron chi connectivity index (χ1n) is 8.28. The molecule has 8 heteroatoms. The number of hydrogen-bond acceptors (Lipinski definition) is 5. The van der Waals surface area contributed by atoms with E-state index in [9.17, 15) is 19.7 Å². The summed E-state index contributed by atoms with van der Waals surface area (Å²) in [7, 11) is 0. The van der Waals surface area contributed by atoms with Gasteiger partial charge in [0, 0.05) is 11.8 Å². The summed E-state index contributed by atoms with van der Waals surface area (Å²) in [5.41, 5.74) is 2.94. The largest absolute Gasteiger partial charge is 0.474 e. The van der Waals surface area contributed by atoms with Crippen LogP contribution in [0.25, 0.3) is 0 Å². The number of carbonyl (C=O) groups excluding carboxylic acids is 2. The van der Waals surface area contributed by atoms with Crippen molar-refractivity contribution < 1.29 is 19.2 Å². The van der Waals surface area contributed by atoms with Crippen LogP contribution in [0.2, 0.25) is 0 Å². The molecule has 0 aliphatic carbocycles. The highest BCUT2D eigenvalue weighted by Gasteiger charge is 2.22. The number of nitrogens with one attached hydrogen (secondary N) is 2. The number of amides is 3. The molecule has 27 heavy (non-hydrogen) atoms. The van der Waals surface area contributed by atoms with Crippen molar-refractivity contribution in [2.75, 3.05) is 5.32 Å². The SMILES string of the molecule is Cc1ccc(NC(=O)NC(=O)C(C)Oc2ccc(C)cc2[N+](=O)[O-])c(C)c1. The Morgan fingerprint density at radius 2 is 1.70 bits per heavy atom. The van der Waals surface area contributed by atoms with Crippen LogP contribution in [0.5, 0.6) is 5.75 Å². The molecule has 2 aromatic rings. The Balaban J connectivity index is 2.01. The Kier molecular flexibility index (Phi) is 6.12. The second kappa shape index (κ2) is 8.31. The molecule has 0 saturated heterocycles. The zero-order valence-electron chi connectivity index (χ0n) is 15.5. The molecule has 0 heterocycles. The fourth-order valence-electron chi connectivity index (χ4n) is 2.43. The normalized spacial score (nSPS) is 11.4. The second-order valence-electron chi connectivity index (χ2n) is 6.25. The number of urea groups is 1.